The largest absolute Gasteiger partial charge is 0.325 e. The highest BCUT2D eigenvalue weighted by Crippen LogP contribution is 2.24. The lowest BCUT2D eigenvalue weighted by molar-refractivity contribution is -0.116. The first kappa shape index (κ1) is 18.7. The second kappa shape index (κ2) is 8.20. The lowest BCUT2D eigenvalue weighted by atomic mass is 10.0. The second-order valence-electron chi connectivity index (χ2n) is 7.09. The number of benzodiazepines with no additional fused rings is 1. The molecule has 0 fully saturated rings. The molecular weight excluding hydrogens is 386 g/mol. The number of fused-ring (bicyclic) bond motifs is 1. The van der Waals surface area contributed by atoms with Gasteiger partial charge in [0.05, 0.1) is 11.4 Å². The van der Waals surface area contributed by atoms with E-state index in [0.717, 1.165) is 33.7 Å². The van der Waals surface area contributed by atoms with Gasteiger partial charge in [0, 0.05) is 29.1 Å². The normalized spacial score (nSPS) is 15.3. The molecule has 0 spiro atoms. The molecule has 1 atom stereocenters. The van der Waals surface area contributed by atoms with Gasteiger partial charge in [-0.3, -0.25) is 4.79 Å². The Balaban J connectivity index is 1.48. The fourth-order valence-corrected chi connectivity index (χ4v) is 3.49. The van der Waals surface area contributed by atoms with Gasteiger partial charge in [0.25, 0.3) is 5.91 Å². The summed E-state index contributed by atoms with van der Waals surface area (Å²) in [6, 6.07) is 27.4. The summed E-state index contributed by atoms with van der Waals surface area (Å²) in [5.74, 6) is 0.0658. The SMILES string of the molecule is O=C1Nc2ccccc2C(c2ccccc2)=NC1Nc1ncc(-c2ccccc2)cn1. The predicted molar refractivity (Wildman–Crippen MR) is 122 cm³/mol. The van der Waals surface area contributed by atoms with Crippen LogP contribution in [0, 0.1) is 0 Å². The summed E-state index contributed by atoms with van der Waals surface area (Å²) in [6.07, 6.45) is 2.59. The van der Waals surface area contributed by atoms with Crippen LogP contribution in [0.25, 0.3) is 11.1 Å². The molecule has 31 heavy (non-hydrogen) atoms. The molecule has 0 radical (unpaired) electrons. The molecule has 6 heteroatoms. The van der Waals surface area contributed by atoms with E-state index < -0.39 is 6.17 Å². The van der Waals surface area contributed by atoms with Crippen LogP contribution in [0.5, 0.6) is 0 Å². The number of aromatic nitrogens is 2. The second-order valence-corrected chi connectivity index (χ2v) is 7.09. The number of aliphatic imine (C=N–C) groups is 1. The third kappa shape index (κ3) is 3.91. The third-order valence-corrected chi connectivity index (χ3v) is 5.02. The Labute approximate surface area is 179 Å². The minimum atomic E-state index is -0.870. The van der Waals surface area contributed by atoms with Gasteiger partial charge in [0.2, 0.25) is 12.1 Å². The van der Waals surface area contributed by atoms with Crippen molar-refractivity contribution < 1.29 is 4.79 Å². The van der Waals surface area contributed by atoms with Crippen molar-refractivity contribution in [1.29, 1.82) is 0 Å². The standard InChI is InChI=1S/C25H19N5O/c31-24-23(30-25-26-15-19(16-27-25)17-9-3-1-4-10-17)29-22(18-11-5-2-6-12-18)20-13-7-8-14-21(20)28-24/h1-16,23H,(H,28,31)(H,26,27,30). The van der Waals surface area contributed by atoms with E-state index in [1.807, 2.05) is 84.9 Å². The minimum Gasteiger partial charge on any atom is -0.325 e. The number of rotatable bonds is 4. The van der Waals surface area contributed by atoms with Gasteiger partial charge in [-0.1, -0.05) is 78.9 Å². The van der Waals surface area contributed by atoms with Gasteiger partial charge in [-0.25, -0.2) is 15.0 Å². The molecule has 0 aliphatic carbocycles. The average Bonchev–Trinajstić information content (AvgIpc) is 2.97. The molecule has 0 bridgehead atoms. The molecule has 4 aromatic rings. The number of hydrogen-bond donors (Lipinski definition) is 2. The van der Waals surface area contributed by atoms with Gasteiger partial charge >= 0.3 is 0 Å². The van der Waals surface area contributed by atoms with Crippen LogP contribution in [-0.4, -0.2) is 27.8 Å². The maximum atomic E-state index is 12.9. The van der Waals surface area contributed by atoms with Crippen molar-refractivity contribution >= 4 is 23.3 Å². The fourth-order valence-electron chi connectivity index (χ4n) is 3.49. The third-order valence-electron chi connectivity index (χ3n) is 5.02. The van der Waals surface area contributed by atoms with E-state index in [-0.39, 0.29) is 5.91 Å². The van der Waals surface area contributed by atoms with Crippen molar-refractivity contribution in [3.8, 4) is 11.1 Å². The van der Waals surface area contributed by atoms with Gasteiger partial charge in [0.15, 0.2) is 0 Å². The average molecular weight is 405 g/mol. The van der Waals surface area contributed by atoms with Gasteiger partial charge in [-0.15, -0.1) is 0 Å². The Kier molecular flexibility index (Phi) is 4.94. The summed E-state index contributed by atoms with van der Waals surface area (Å²) >= 11 is 0. The first-order valence-electron chi connectivity index (χ1n) is 9.95. The van der Waals surface area contributed by atoms with E-state index >= 15 is 0 Å². The number of amides is 1. The number of benzene rings is 3. The first-order valence-corrected chi connectivity index (χ1v) is 9.95. The molecule has 1 amide bonds. The molecule has 1 unspecified atom stereocenters. The summed E-state index contributed by atoms with van der Waals surface area (Å²) in [6.45, 7) is 0. The molecule has 6 nitrogen and oxygen atoms in total. The van der Waals surface area contributed by atoms with Gasteiger partial charge < -0.3 is 10.6 Å². The van der Waals surface area contributed by atoms with Gasteiger partial charge in [-0.05, 0) is 11.6 Å². The summed E-state index contributed by atoms with van der Waals surface area (Å²) < 4.78 is 0. The van der Waals surface area contributed by atoms with E-state index in [0.29, 0.717) is 5.95 Å². The van der Waals surface area contributed by atoms with E-state index in [2.05, 4.69) is 20.6 Å². The Morgan fingerprint density at radius 3 is 2.03 bits per heavy atom. The van der Waals surface area contributed by atoms with Crippen molar-refractivity contribution in [2.45, 2.75) is 6.17 Å². The Morgan fingerprint density at radius 1 is 0.710 bits per heavy atom. The van der Waals surface area contributed by atoms with E-state index in [1.54, 1.807) is 12.4 Å². The Morgan fingerprint density at radius 2 is 1.32 bits per heavy atom. The molecule has 150 valence electrons. The van der Waals surface area contributed by atoms with Crippen molar-refractivity contribution in [2.75, 3.05) is 10.6 Å². The monoisotopic (exact) mass is 405 g/mol. The Hall–Kier alpha value is -4.32. The molecule has 2 N–H and O–H groups in total. The molecule has 5 rings (SSSR count). The number of nitrogens with one attached hydrogen (secondary N) is 2. The highest BCUT2D eigenvalue weighted by Gasteiger charge is 2.26. The van der Waals surface area contributed by atoms with Crippen LogP contribution in [0.4, 0.5) is 11.6 Å². The quantitative estimate of drug-likeness (QED) is 0.528. The molecule has 1 aromatic heterocycles. The lowest BCUT2D eigenvalue weighted by Gasteiger charge is -2.13. The zero-order valence-corrected chi connectivity index (χ0v) is 16.6. The van der Waals surface area contributed by atoms with Crippen LogP contribution in [-0.2, 0) is 4.79 Å². The fraction of sp³-hybridized carbons (Fsp3) is 0.0400. The van der Waals surface area contributed by atoms with Crippen molar-refractivity contribution in [3.63, 3.8) is 0 Å². The van der Waals surface area contributed by atoms with Crippen molar-refractivity contribution in [1.82, 2.24) is 9.97 Å². The van der Waals surface area contributed by atoms with E-state index in [4.69, 9.17) is 4.99 Å². The maximum absolute atomic E-state index is 12.9. The van der Waals surface area contributed by atoms with Gasteiger partial charge in [0.1, 0.15) is 0 Å². The molecule has 0 saturated heterocycles. The molecule has 0 saturated carbocycles. The zero-order chi connectivity index (χ0) is 21.0. The van der Waals surface area contributed by atoms with Crippen molar-refractivity contribution in [2.24, 2.45) is 4.99 Å². The minimum absolute atomic E-state index is 0.269. The van der Waals surface area contributed by atoms with E-state index in [9.17, 15) is 4.79 Å². The highest BCUT2D eigenvalue weighted by atomic mass is 16.2. The number of carbonyl (C=O) groups is 1. The van der Waals surface area contributed by atoms with Crippen LogP contribution in [0.1, 0.15) is 11.1 Å². The van der Waals surface area contributed by atoms with Crippen LogP contribution < -0.4 is 10.6 Å². The predicted octanol–water partition coefficient (Wildman–Crippen LogP) is 4.37. The van der Waals surface area contributed by atoms with Crippen molar-refractivity contribution in [3.05, 3.63) is 108 Å². The molecule has 1 aliphatic rings. The summed E-state index contributed by atoms with van der Waals surface area (Å²) in [5, 5.41) is 6.02. The summed E-state index contributed by atoms with van der Waals surface area (Å²) in [5.41, 5.74) is 5.18. The number of carbonyl (C=O) groups excluding carboxylic acids is 1. The van der Waals surface area contributed by atoms with E-state index in [1.165, 1.54) is 0 Å². The Bertz CT molecular complexity index is 1240. The van der Waals surface area contributed by atoms with Crippen LogP contribution in [0.15, 0.2) is 102 Å². The zero-order valence-electron chi connectivity index (χ0n) is 16.6. The molecule has 3 aromatic carbocycles. The lowest BCUT2D eigenvalue weighted by Crippen LogP contribution is -2.33. The maximum Gasteiger partial charge on any atom is 0.269 e. The summed E-state index contributed by atoms with van der Waals surface area (Å²) in [4.78, 5) is 26.4. The topological polar surface area (TPSA) is 79.3 Å². The number of nitrogens with zero attached hydrogens (tertiary/aromatic N) is 3. The molecule has 1 aliphatic heterocycles. The van der Waals surface area contributed by atoms with Crippen LogP contribution in [0.2, 0.25) is 0 Å². The highest BCUT2D eigenvalue weighted by molar-refractivity contribution is 6.19. The van der Waals surface area contributed by atoms with Gasteiger partial charge in [-0.2, -0.15) is 0 Å². The first-order chi connectivity index (χ1) is 15.3. The van der Waals surface area contributed by atoms with Crippen LogP contribution >= 0.6 is 0 Å². The number of para-hydroxylation sites is 1. The smallest absolute Gasteiger partial charge is 0.269 e. The summed E-state index contributed by atoms with van der Waals surface area (Å²) in [7, 11) is 0. The number of hydrogen-bond acceptors (Lipinski definition) is 5. The molecular formula is C25H19N5O. The molecule has 2 heterocycles. The number of anilines is 2. The van der Waals surface area contributed by atoms with Crippen LogP contribution in [0.3, 0.4) is 0 Å².